The second kappa shape index (κ2) is 6.47. The van der Waals surface area contributed by atoms with Crippen LogP contribution in [-0.4, -0.2) is 34.7 Å². The van der Waals surface area contributed by atoms with Crippen molar-refractivity contribution in [2.45, 2.75) is 18.9 Å². The number of para-hydroxylation sites is 1. The molecule has 0 aliphatic carbocycles. The van der Waals surface area contributed by atoms with Gasteiger partial charge in [0, 0.05) is 6.04 Å². The summed E-state index contributed by atoms with van der Waals surface area (Å²) in [6, 6.07) is 6.21. The van der Waals surface area contributed by atoms with Crippen molar-refractivity contribution in [1.29, 1.82) is 0 Å². The number of hydrogen-bond donors (Lipinski definition) is 3. The molecule has 2 amide bonds. The molecule has 19 heavy (non-hydrogen) atoms. The van der Waals surface area contributed by atoms with Crippen LogP contribution in [0, 0.1) is 0 Å². The molecular weight excluding hydrogens is 264 g/mol. The summed E-state index contributed by atoms with van der Waals surface area (Å²) in [5.41, 5.74) is 0.412. The fourth-order valence-corrected chi connectivity index (χ4v) is 3.07. The third kappa shape index (κ3) is 3.89. The van der Waals surface area contributed by atoms with Gasteiger partial charge in [-0.3, -0.25) is 0 Å². The number of amides is 2. The van der Waals surface area contributed by atoms with Gasteiger partial charge in [0.2, 0.25) is 0 Å². The van der Waals surface area contributed by atoms with E-state index in [1.165, 1.54) is 6.07 Å². The van der Waals surface area contributed by atoms with Crippen molar-refractivity contribution in [3.63, 3.8) is 0 Å². The SMILES string of the molecule is O=C(Nc1ccccc1C(=O)O)NC1CCSCC1. The highest BCUT2D eigenvalue weighted by Gasteiger charge is 2.17. The molecule has 0 unspecified atom stereocenters. The molecule has 1 aromatic rings. The molecule has 0 bridgehead atoms. The number of hydrogen-bond acceptors (Lipinski definition) is 3. The molecule has 1 aliphatic rings. The summed E-state index contributed by atoms with van der Waals surface area (Å²) in [5.74, 6) is 1.05. The quantitative estimate of drug-likeness (QED) is 0.794. The number of carbonyl (C=O) groups is 2. The number of thioether (sulfide) groups is 1. The molecule has 1 fully saturated rings. The highest BCUT2D eigenvalue weighted by atomic mass is 32.2. The molecular formula is C13H16N2O3S. The third-order valence-electron chi connectivity index (χ3n) is 2.96. The Morgan fingerprint density at radius 2 is 1.89 bits per heavy atom. The van der Waals surface area contributed by atoms with E-state index in [9.17, 15) is 9.59 Å². The Labute approximate surface area is 115 Å². The zero-order valence-electron chi connectivity index (χ0n) is 10.4. The molecule has 0 spiro atoms. The molecule has 1 saturated heterocycles. The Balaban J connectivity index is 1.96. The van der Waals surface area contributed by atoms with Crippen LogP contribution in [-0.2, 0) is 0 Å². The zero-order chi connectivity index (χ0) is 13.7. The number of nitrogens with one attached hydrogen (secondary N) is 2. The lowest BCUT2D eigenvalue weighted by molar-refractivity contribution is 0.0698. The van der Waals surface area contributed by atoms with Crippen LogP contribution in [0.4, 0.5) is 10.5 Å². The number of aromatic carboxylic acids is 1. The van der Waals surface area contributed by atoms with Crippen LogP contribution in [0.25, 0.3) is 0 Å². The minimum Gasteiger partial charge on any atom is -0.478 e. The van der Waals surface area contributed by atoms with E-state index >= 15 is 0 Å². The van der Waals surface area contributed by atoms with Gasteiger partial charge >= 0.3 is 12.0 Å². The topological polar surface area (TPSA) is 78.4 Å². The van der Waals surface area contributed by atoms with E-state index in [1.807, 2.05) is 11.8 Å². The van der Waals surface area contributed by atoms with E-state index in [0.717, 1.165) is 24.3 Å². The Morgan fingerprint density at radius 1 is 1.21 bits per heavy atom. The van der Waals surface area contributed by atoms with E-state index < -0.39 is 5.97 Å². The Bertz CT molecular complexity index is 473. The van der Waals surface area contributed by atoms with Crippen LogP contribution in [0.1, 0.15) is 23.2 Å². The van der Waals surface area contributed by atoms with Gasteiger partial charge in [0.25, 0.3) is 0 Å². The standard InChI is InChI=1S/C13H16N2O3S/c16-12(17)10-3-1-2-4-11(10)15-13(18)14-9-5-7-19-8-6-9/h1-4,9H,5-8H2,(H,16,17)(H2,14,15,18). The molecule has 0 atom stereocenters. The molecule has 1 aromatic carbocycles. The normalized spacial score (nSPS) is 15.8. The van der Waals surface area contributed by atoms with Gasteiger partial charge < -0.3 is 15.7 Å². The van der Waals surface area contributed by atoms with E-state index in [-0.39, 0.29) is 17.6 Å². The van der Waals surface area contributed by atoms with E-state index in [0.29, 0.717) is 5.69 Å². The Morgan fingerprint density at radius 3 is 2.58 bits per heavy atom. The van der Waals surface area contributed by atoms with Gasteiger partial charge in [0.05, 0.1) is 11.3 Å². The van der Waals surface area contributed by atoms with Gasteiger partial charge in [-0.2, -0.15) is 11.8 Å². The molecule has 0 aromatic heterocycles. The highest BCUT2D eigenvalue weighted by Crippen LogP contribution is 2.18. The van der Waals surface area contributed by atoms with Crippen molar-refractivity contribution < 1.29 is 14.7 Å². The first kappa shape index (κ1) is 13.7. The first-order valence-corrected chi connectivity index (χ1v) is 7.30. The largest absolute Gasteiger partial charge is 0.478 e. The third-order valence-corrected chi connectivity index (χ3v) is 4.01. The summed E-state index contributed by atoms with van der Waals surface area (Å²) in [4.78, 5) is 22.9. The van der Waals surface area contributed by atoms with Gasteiger partial charge in [0.1, 0.15) is 0 Å². The summed E-state index contributed by atoms with van der Waals surface area (Å²) in [6.07, 6.45) is 1.91. The number of carboxylic acid groups (broad SMARTS) is 1. The average molecular weight is 280 g/mol. The molecule has 0 saturated carbocycles. The van der Waals surface area contributed by atoms with Crippen LogP contribution in [0.15, 0.2) is 24.3 Å². The van der Waals surface area contributed by atoms with Crippen molar-refractivity contribution in [3.05, 3.63) is 29.8 Å². The first-order chi connectivity index (χ1) is 9.16. The summed E-state index contributed by atoms with van der Waals surface area (Å²) in [5, 5.41) is 14.5. The number of rotatable bonds is 3. The Kier molecular flexibility index (Phi) is 4.68. The van der Waals surface area contributed by atoms with Gasteiger partial charge in [-0.25, -0.2) is 9.59 Å². The molecule has 6 heteroatoms. The molecule has 1 aliphatic heterocycles. The maximum Gasteiger partial charge on any atom is 0.337 e. The van der Waals surface area contributed by atoms with Gasteiger partial charge in [-0.1, -0.05) is 12.1 Å². The summed E-state index contributed by atoms with van der Waals surface area (Å²) in [6.45, 7) is 0. The Hall–Kier alpha value is -1.69. The van der Waals surface area contributed by atoms with Crippen molar-refractivity contribution in [3.8, 4) is 0 Å². The lowest BCUT2D eigenvalue weighted by atomic mass is 10.1. The lowest BCUT2D eigenvalue weighted by Gasteiger charge is -2.22. The first-order valence-electron chi connectivity index (χ1n) is 6.14. The van der Waals surface area contributed by atoms with Crippen molar-refractivity contribution in [1.82, 2.24) is 5.32 Å². The minimum absolute atomic E-state index is 0.0943. The van der Waals surface area contributed by atoms with Crippen molar-refractivity contribution >= 4 is 29.4 Å². The maximum atomic E-state index is 11.8. The predicted molar refractivity (Wildman–Crippen MR) is 75.9 cm³/mol. The lowest BCUT2D eigenvalue weighted by Crippen LogP contribution is -2.40. The number of benzene rings is 1. The monoisotopic (exact) mass is 280 g/mol. The fraction of sp³-hybridized carbons (Fsp3) is 0.385. The van der Waals surface area contributed by atoms with E-state index in [1.54, 1.807) is 18.2 Å². The molecule has 3 N–H and O–H groups in total. The highest BCUT2D eigenvalue weighted by molar-refractivity contribution is 7.99. The second-order valence-electron chi connectivity index (χ2n) is 4.34. The van der Waals surface area contributed by atoms with Crippen LogP contribution >= 0.6 is 11.8 Å². The van der Waals surface area contributed by atoms with Gasteiger partial charge in [0.15, 0.2) is 0 Å². The second-order valence-corrected chi connectivity index (χ2v) is 5.56. The predicted octanol–water partition coefficient (Wildman–Crippen LogP) is 2.40. The minimum atomic E-state index is -1.05. The number of carboxylic acids is 1. The smallest absolute Gasteiger partial charge is 0.337 e. The fourth-order valence-electron chi connectivity index (χ4n) is 1.96. The van der Waals surface area contributed by atoms with Crippen LogP contribution < -0.4 is 10.6 Å². The number of anilines is 1. The number of urea groups is 1. The molecule has 1 heterocycles. The van der Waals surface area contributed by atoms with Gasteiger partial charge in [-0.15, -0.1) is 0 Å². The van der Waals surface area contributed by atoms with E-state index in [4.69, 9.17) is 5.11 Å². The molecule has 102 valence electrons. The van der Waals surface area contributed by atoms with Crippen LogP contribution in [0.5, 0.6) is 0 Å². The number of carbonyl (C=O) groups excluding carboxylic acids is 1. The van der Waals surface area contributed by atoms with Crippen molar-refractivity contribution in [2.24, 2.45) is 0 Å². The maximum absolute atomic E-state index is 11.8. The average Bonchev–Trinajstić information content (AvgIpc) is 2.40. The summed E-state index contributed by atoms with van der Waals surface area (Å²) in [7, 11) is 0. The van der Waals surface area contributed by atoms with Gasteiger partial charge in [-0.05, 0) is 36.5 Å². The van der Waals surface area contributed by atoms with Crippen LogP contribution in [0.2, 0.25) is 0 Å². The van der Waals surface area contributed by atoms with E-state index in [2.05, 4.69) is 10.6 Å². The van der Waals surface area contributed by atoms with Crippen LogP contribution in [0.3, 0.4) is 0 Å². The molecule has 5 nitrogen and oxygen atoms in total. The zero-order valence-corrected chi connectivity index (χ0v) is 11.2. The molecule has 2 rings (SSSR count). The van der Waals surface area contributed by atoms with Crippen molar-refractivity contribution in [2.75, 3.05) is 16.8 Å². The molecule has 0 radical (unpaired) electrons. The summed E-state index contributed by atoms with van der Waals surface area (Å²) >= 11 is 1.89. The summed E-state index contributed by atoms with van der Waals surface area (Å²) < 4.78 is 0.